The van der Waals surface area contributed by atoms with Crippen molar-refractivity contribution in [2.75, 3.05) is 19.4 Å². The average Bonchev–Trinajstić information content (AvgIpc) is 3.44. The summed E-state index contributed by atoms with van der Waals surface area (Å²) >= 11 is 1.47. The third kappa shape index (κ3) is 4.12. The smallest absolute Gasteiger partial charge is 0.253 e. The summed E-state index contributed by atoms with van der Waals surface area (Å²) in [4.78, 5) is 35.8. The molecule has 0 saturated carbocycles. The van der Waals surface area contributed by atoms with Crippen LogP contribution in [-0.4, -0.2) is 50.6 Å². The molecule has 1 N–H and O–H groups in total. The molecule has 0 radical (unpaired) electrons. The fourth-order valence-electron chi connectivity index (χ4n) is 4.45. The maximum Gasteiger partial charge on any atom is 0.253 e. The van der Waals surface area contributed by atoms with Crippen LogP contribution < -0.4 is 5.32 Å². The minimum Gasteiger partial charge on any atom is -0.345 e. The number of aryl methyl sites for hydroxylation is 2. The van der Waals surface area contributed by atoms with Gasteiger partial charge in [0.2, 0.25) is 5.91 Å². The van der Waals surface area contributed by atoms with Gasteiger partial charge in [0.15, 0.2) is 5.13 Å². The van der Waals surface area contributed by atoms with Crippen LogP contribution in [0.2, 0.25) is 0 Å². The predicted octanol–water partition coefficient (Wildman–Crippen LogP) is 4.38. The predicted molar refractivity (Wildman–Crippen MR) is 137 cm³/mol. The summed E-state index contributed by atoms with van der Waals surface area (Å²) in [6.45, 7) is 3.56. The topological polar surface area (TPSA) is 93.0 Å². The van der Waals surface area contributed by atoms with E-state index in [1.165, 1.54) is 18.3 Å². The number of anilines is 1. The summed E-state index contributed by atoms with van der Waals surface area (Å²) in [6, 6.07) is 9.71. The lowest BCUT2D eigenvalue weighted by atomic mass is 9.95. The van der Waals surface area contributed by atoms with E-state index in [0.717, 1.165) is 63.6 Å². The maximum absolute atomic E-state index is 12.6. The minimum atomic E-state index is -0.143. The van der Waals surface area contributed by atoms with Crippen molar-refractivity contribution in [2.24, 2.45) is 0 Å². The minimum absolute atomic E-state index is 0.0329. The van der Waals surface area contributed by atoms with Crippen LogP contribution >= 0.6 is 11.3 Å². The number of pyridine rings is 1. The zero-order valence-electron chi connectivity index (χ0n) is 20.1. The van der Waals surface area contributed by atoms with Crippen LogP contribution in [0.5, 0.6) is 0 Å². The van der Waals surface area contributed by atoms with Gasteiger partial charge in [0.05, 0.1) is 27.6 Å². The molecular formula is C26H26N6O2S. The van der Waals surface area contributed by atoms with Crippen LogP contribution in [0.1, 0.15) is 41.0 Å². The summed E-state index contributed by atoms with van der Waals surface area (Å²) in [5, 5.41) is 8.51. The molecule has 2 amide bonds. The Morgan fingerprint density at radius 2 is 2.03 bits per heavy atom. The Morgan fingerprint density at radius 1 is 1.20 bits per heavy atom. The lowest BCUT2D eigenvalue weighted by Crippen LogP contribution is -2.22. The first-order valence-electron chi connectivity index (χ1n) is 11.5. The highest BCUT2D eigenvalue weighted by Crippen LogP contribution is 2.44. The Labute approximate surface area is 207 Å². The van der Waals surface area contributed by atoms with Crippen molar-refractivity contribution in [3.63, 3.8) is 0 Å². The molecule has 1 aliphatic rings. The fourth-order valence-corrected chi connectivity index (χ4v) is 5.57. The third-order valence-electron chi connectivity index (χ3n) is 6.07. The number of hydrogen-bond acceptors (Lipinski definition) is 6. The van der Waals surface area contributed by atoms with Gasteiger partial charge in [-0.2, -0.15) is 5.10 Å². The maximum atomic E-state index is 12.6. The van der Waals surface area contributed by atoms with Gasteiger partial charge in [0.1, 0.15) is 0 Å². The van der Waals surface area contributed by atoms with E-state index in [2.05, 4.69) is 22.2 Å². The van der Waals surface area contributed by atoms with Gasteiger partial charge in [0, 0.05) is 50.1 Å². The summed E-state index contributed by atoms with van der Waals surface area (Å²) in [7, 11) is 3.51. The van der Waals surface area contributed by atoms with E-state index in [1.807, 2.05) is 41.2 Å². The quantitative estimate of drug-likeness (QED) is 0.452. The Hall–Kier alpha value is -3.85. The van der Waals surface area contributed by atoms with Crippen LogP contribution in [0.15, 0.2) is 42.7 Å². The van der Waals surface area contributed by atoms with Gasteiger partial charge >= 0.3 is 0 Å². The first-order valence-corrected chi connectivity index (χ1v) is 12.3. The molecule has 0 bridgehead atoms. The number of nitrogens with zero attached hydrogens (tertiary/aromatic N) is 5. The number of carbonyl (C=O) groups is 2. The summed E-state index contributed by atoms with van der Waals surface area (Å²) in [5.41, 5.74) is 7.53. The zero-order chi connectivity index (χ0) is 24.7. The molecular weight excluding hydrogens is 460 g/mol. The molecule has 3 heterocycles. The highest BCUT2D eigenvalue weighted by molar-refractivity contribution is 7.19. The van der Waals surface area contributed by atoms with Gasteiger partial charge in [-0.25, -0.2) is 9.67 Å². The number of hydrogen-bond donors (Lipinski definition) is 1. The second kappa shape index (κ2) is 9.07. The molecule has 35 heavy (non-hydrogen) atoms. The summed E-state index contributed by atoms with van der Waals surface area (Å²) in [6.07, 6.45) is 5.89. The van der Waals surface area contributed by atoms with Crippen molar-refractivity contribution in [3.8, 4) is 27.5 Å². The van der Waals surface area contributed by atoms with Gasteiger partial charge in [-0.1, -0.05) is 18.3 Å². The van der Waals surface area contributed by atoms with E-state index >= 15 is 0 Å². The number of amides is 2. The lowest BCUT2D eigenvalue weighted by Gasteiger charge is -2.17. The third-order valence-corrected chi connectivity index (χ3v) is 7.09. The monoisotopic (exact) mass is 486 g/mol. The summed E-state index contributed by atoms with van der Waals surface area (Å²) < 4.78 is 1.98. The van der Waals surface area contributed by atoms with E-state index < -0.39 is 0 Å². The largest absolute Gasteiger partial charge is 0.345 e. The van der Waals surface area contributed by atoms with Gasteiger partial charge in [-0.15, -0.1) is 0 Å². The summed E-state index contributed by atoms with van der Waals surface area (Å²) in [5.74, 6) is -0.176. The SMILES string of the molecule is CCc1cc(C(=O)N(C)C)ccc1-n1nc(-c2cccnc2)c2c1-c1sc(NC(C)=O)nc1CC2. The number of nitrogens with one attached hydrogen (secondary N) is 1. The van der Waals surface area contributed by atoms with Crippen molar-refractivity contribution < 1.29 is 9.59 Å². The number of thiazole rings is 1. The molecule has 9 heteroatoms. The normalized spacial score (nSPS) is 12.1. The highest BCUT2D eigenvalue weighted by atomic mass is 32.1. The van der Waals surface area contributed by atoms with Gasteiger partial charge in [-0.3, -0.25) is 14.6 Å². The van der Waals surface area contributed by atoms with E-state index in [1.54, 1.807) is 25.2 Å². The molecule has 4 aromatic rings. The number of aromatic nitrogens is 4. The molecule has 178 valence electrons. The van der Waals surface area contributed by atoms with Crippen molar-refractivity contribution in [3.05, 3.63) is 65.1 Å². The molecule has 0 aliphatic heterocycles. The number of benzene rings is 1. The molecule has 3 aromatic heterocycles. The van der Waals surface area contributed by atoms with Crippen molar-refractivity contribution in [1.29, 1.82) is 0 Å². The average molecular weight is 487 g/mol. The van der Waals surface area contributed by atoms with Crippen LogP contribution in [0.4, 0.5) is 5.13 Å². The van der Waals surface area contributed by atoms with Gasteiger partial charge < -0.3 is 10.2 Å². The number of carbonyl (C=O) groups excluding carboxylic acids is 2. The van der Waals surface area contributed by atoms with Crippen molar-refractivity contribution in [1.82, 2.24) is 24.6 Å². The van der Waals surface area contributed by atoms with Crippen LogP contribution in [0.3, 0.4) is 0 Å². The molecule has 1 aliphatic carbocycles. The molecule has 5 rings (SSSR count). The van der Waals surface area contributed by atoms with E-state index in [0.29, 0.717) is 10.7 Å². The first-order chi connectivity index (χ1) is 16.9. The molecule has 8 nitrogen and oxygen atoms in total. The second-order valence-corrected chi connectivity index (χ2v) is 9.70. The standard InChI is InChI=1S/C26H26N6O2S/c1-5-16-13-17(25(34)31(3)4)8-11-21(16)32-23-19(22(30-32)18-7-6-12-27-14-18)9-10-20-24(23)35-26(29-20)28-15(2)33/h6-8,11-14H,5,9-10H2,1-4H3,(H,28,29,33). The highest BCUT2D eigenvalue weighted by Gasteiger charge is 2.30. The van der Waals surface area contributed by atoms with Crippen LogP contribution in [0.25, 0.3) is 27.5 Å². The van der Waals surface area contributed by atoms with Crippen LogP contribution in [0, 0.1) is 0 Å². The molecule has 0 spiro atoms. The van der Waals surface area contributed by atoms with Crippen molar-refractivity contribution >= 4 is 28.3 Å². The van der Waals surface area contributed by atoms with Crippen molar-refractivity contribution in [2.45, 2.75) is 33.1 Å². The van der Waals surface area contributed by atoms with E-state index in [9.17, 15) is 9.59 Å². The Balaban J connectivity index is 1.73. The van der Waals surface area contributed by atoms with Gasteiger partial charge in [0.25, 0.3) is 5.91 Å². The van der Waals surface area contributed by atoms with Crippen LogP contribution in [-0.2, 0) is 24.1 Å². The van der Waals surface area contributed by atoms with E-state index in [-0.39, 0.29) is 11.8 Å². The molecule has 0 atom stereocenters. The molecule has 0 fully saturated rings. The zero-order valence-corrected chi connectivity index (χ0v) is 20.9. The molecule has 0 saturated heterocycles. The molecule has 0 unspecified atom stereocenters. The Bertz CT molecular complexity index is 1440. The Morgan fingerprint density at radius 3 is 2.71 bits per heavy atom. The Kier molecular flexibility index (Phi) is 5.94. The first kappa shape index (κ1) is 22.9. The molecule has 1 aromatic carbocycles. The lowest BCUT2D eigenvalue weighted by molar-refractivity contribution is -0.114. The second-order valence-electron chi connectivity index (χ2n) is 8.70. The number of rotatable bonds is 5. The number of fused-ring (bicyclic) bond motifs is 3. The van der Waals surface area contributed by atoms with Gasteiger partial charge in [-0.05, 0) is 55.2 Å². The fraction of sp³-hybridized carbons (Fsp3) is 0.269. The van der Waals surface area contributed by atoms with E-state index in [4.69, 9.17) is 5.10 Å².